The SMILES string of the molecule is Cc1c(NC(=O)CCSc2nnc(C[C@H]3CCS(=O)(=O)C3)o2)c(=O)n(-c2ccccc2)n1C. The molecule has 0 aliphatic carbocycles. The second kappa shape index (κ2) is 9.56. The third-order valence-corrected chi connectivity index (χ3v) is 8.27. The molecule has 0 bridgehead atoms. The van der Waals surface area contributed by atoms with E-state index in [1.165, 1.54) is 16.4 Å². The molecule has 3 aromatic rings. The molecule has 1 aliphatic heterocycles. The molecule has 1 saturated heterocycles. The highest BCUT2D eigenvalue weighted by molar-refractivity contribution is 7.99. The van der Waals surface area contributed by atoms with Gasteiger partial charge in [-0.25, -0.2) is 13.1 Å². The van der Waals surface area contributed by atoms with E-state index in [9.17, 15) is 18.0 Å². The number of amides is 1. The van der Waals surface area contributed by atoms with Crippen molar-refractivity contribution in [2.75, 3.05) is 22.6 Å². The number of thioether (sulfide) groups is 1. The first kappa shape index (κ1) is 23.3. The van der Waals surface area contributed by atoms with E-state index in [-0.39, 0.29) is 41.0 Å². The Bertz CT molecular complexity index is 1310. The van der Waals surface area contributed by atoms with Gasteiger partial charge in [-0.3, -0.25) is 14.3 Å². The molecule has 1 atom stereocenters. The van der Waals surface area contributed by atoms with Crippen LogP contribution in [0.2, 0.25) is 0 Å². The number of sulfone groups is 1. The Morgan fingerprint density at radius 2 is 2.03 bits per heavy atom. The number of rotatable bonds is 8. The summed E-state index contributed by atoms with van der Waals surface area (Å²) < 4.78 is 31.9. The fourth-order valence-corrected chi connectivity index (χ4v) is 6.38. The van der Waals surface area contributed by atoms with Crippen LogP contribution in [0.3, 0.4) is 0 Å². The quantitative estimate of drug-likeness (QED) is 0.474. The molecule has 1 aliphatic rings. The molecule has 1 fully saturated rings. The molecule has 0 unspecified atom stereocenters. The van der Waals surface area contributed by atoms with Crippen molar-refractivity contribution in [1.29, 1.82) is 0 Å². The Morgan fingerprint density at radius 1 is 1.27 bits per heavy atom. The van der Waals surface area contributed by atoms with Gasteiger partial charge in [0.2, 0.25) is 11.8 Å². The molecule has 33 heavy (non-hydrogen) atoms. The fourth-order valence-electron chi connectivity index (χ4n) is 3.80. The molecule has 4 rings (SSSR count). The molecule has 0 spiro atoms. The summed E-state index contributed by atoms with van der Waals surface area (Å²) in [6.45, 7) is 1.78. The molecule has 1 amide bonds. The number of carbonyl (C=O) groups is 1. The number of nitrogens with zero attached hydrogens (tertiary/aromatic N) is 4. The minimum Gasteiger partial charge on any atom is -0.416 e. The molecular weight excluding hydrogens is 466 g/mol. The predicted molar refractivity (Wildman–Crippen MR) is 124 cm³/mol. The molecule has 0 saturated carbocycles. The summed E-state index contributed by atoms with van der Waals surface area (Å²) in [6, 6.07) is 9.22. The van der Waals surface area contributed by atoms with Gasteiger partial charge in [-0.15, -0.1) is 10.2 Å². The first-order valence-corrected chi connectivity index (χ1v) is 13.3. The maximum absolute atomic E-state index is 12.9. The van der Waals surface area contributed by atoms with E-state index in [1.807, 2.05) is 30.3 Å². The van der Waals surface area contributed by atoms with Crippen molar-refractivity contribution in [2.45, 2.75) is 31.4 Å². The Hall–Kier alpha value is -2.86. The molecule has 3 heterocycles. The third-order valence-electron chi connectivity index (χ3n) is 5.61. The van der Waals surface area contributed by atoms with Gasteiger partial charge in [-0.05, 0) is 31.4 Å². The van der Waals surface area contributed by atoms with Gasteiger partial charge in [0.15, 0.2) is 9.84 Å². The van der Waals surface area contributed by atoms with Crippen molar-refractivity contribution in [1.82, 2.24) is 19.6 Å². The molecule has 176 valence electrons. The first-order valence-electron chi connectivity index (χ1n) is 10.5. The molecular formula is C21H25N5O5S2. The summed E-state index contributed by atoms with van der Waals surface area (Å²) in [4.78, 5) is 25.3. The Morgan fingerprint density at radius 3 is 2.73 bits per heavy atom. The van der Waals surface area contributed by atoms with Gasteiger partial charge < -0.3 is 9.73 Å². The largest absolute Gasteiger partial charge is 0.416 e. The predicted octanol–water partition coefficient (Wildman–Crippen LogP) is 1.97. The van der Waals surface area contributed by atoms with Crippen LogP contribution < -0.4 is 10.9 Å². The van der Waals surface area contributed by atoms with Crippen molar-refractivity contribution in [3.05, 3.63) is 52.3 Å². The van der Waals surface area contributed by atoms with Gasteiger partial charge in [0.05, 0.1) is 22.9 Å². The topological polar surface area (TPSA) is 129 Å². The summed E-state index contributed by atoms with van der Waals surface area (Å²) in [5.41, 5.74) is 1.33. The number of para-hydroxylation sites is 1. The number of benzene rings is 1. The molecule has 12 heteroatoms. The lowest BCUT2D eigenvalue weighted by atomic mass is 10.1. The van der Waals surface area contributed by atoms with Crippen LogP contribution in [0.1, 0.15) is 24.4 Å². The lowest BCUT2D eigenvalue weighted by Gasteiger charge is -2.07. The molecule has 1 N–H and O–H groups in total. The van der Waals surface area contributed by atoms with E-state index in [0.717, 1.165) is 0 Å². The molecule has 2 aromatic heterocycles. The average Bonchev–Trinajstić information content (AvgIpc) is 3.42. The van der Waals surface area contributed by atoms with Crippen LogP contribution >= 0.6 is 11.8 Å². The van der Waals surface area contributed by atoms with Crippen molar-refractivity contribution in [3.63, 3.8) is 0 Å². The number of hydrogen-bond acceptors (Lipinski definition) is 8. The van der Waals surface area contributed by atoms with E-state index in [1.54, 1.807) is 18.7 Å². The van der Waals surface area contributed by atoms with E-state index >= 15 is 0 Å². The number of aromatic nitrogens is 4. The van der Waals surface area contributed by atoms with Crippen LogP contribution in [0.4, 0.5) is 5.69 Å². The average molecular weight is 492 g/mol. The standard InChI is InChI=1S/C21H25N5O5S2/c1-14-19(20(28)26(25(14)2)16-6-4-3-5-7-16)22-17(27)8-10-32-21-24-23-18(31-21)12-15-9-11-33(29,30)13-15/h3-7,15H,8-13H2,1-2H3,(H,22,27)/t15-/m1/s1. The van der Waals surface area contributed by atoms with Gasteiger partial charge in [-0.2, -0.15) is 0 Å². The zero-order chi connectivity index (χ0) is 23.6. The van der Waals surface area contributed by atoms with Crippen LogP contribution in [-0.2, 0) is 28.1 Å². The fraction of sp³-hybridized carbons (Fsp3) is 0.429. The van der Waals surface area contributed by atoms with Gasteiger partial charge in [0.1, 0.15) is 5.69 Å². The van der Waals surface area contributed by atoms with Crippen molar-refractivity contribution in [3.8, 4) is 5.69 Å². The Kier molecular flexibility index (Phi) is 6.75. The highest BCUT2D eigenvalue weighted by Crippen LogP contribution is 2.24. The van der Waals surface area contributed by atoms with E-state index in [2.05, 4.69) is 15.5 Å². The zero-order valence-electron chi connectivity index (χ0n) is 18.4. The number of anilines is 1. The molecule has 1 aromatic carbocycles. The first-order chi connectivity index (χ1) is 15.7. The zero-order valence-corrected chi connectivity index (χ0v) is 20.0. The highest BCUT2D eigenvalue weighted by Gasteiger charge is 2.29. The summed E-state index contributed by atoms with van der Waals surface area (Å²) in [6.07, 6.45) is 1.20. The van der Waals surface area contributed by atoms with E-state index < -0.39 is 9.84 Å². The van der Waals surface area contributed by atoms with Crippen LogP contribution in [0.25, 0.3) is 5.69 Å². The second-order valence-electron chi connectivity index (χ2n) is 8.02. The summed E-state index contributed by atoms with van der Waals surface area (Å²) in [5, 5.41) is 11.0. The van der Waals surface area contributed by atoms with Gasteiger partial charge in [0.25, 0.3) is 10.8 Å². The lowest BCUT2D eigenvalue weighted by Crippen LogP contribution is -2.23. The van der Waals surface area contributed by atoms with Crippen LogP contribution in [0, 0.1) is 12.8 Å². The third kappa shape index (κ3) is 5.38. The minimum absolute atomic E-state index is 0.00752. The Labute approximate surface area is 195 Å². The molecule has 0 radical (unpaired) electrons. The van der Waals surface area contributed by atoms with Gasteiger partial charge in [0, 0.05) is 25.6 Å². The number of hydrogen-bond donors (Lipinski definition) is 1. The lowest BCUT2D eigenvalue weighted by molar-refractivity contribution is -0.115. The smallest absolute Gasteiger partial charge is 0.295 e. The van der Waals surface area contributed by atoms with Crippen LogP contribution in [0.15, 0.2) is 44.8 Å². The van der Waals surface area contributed by atoms with Crippen LogP contribution in [-0.4, -0.2) is 51.1 Å². The van der Waals surface area contributed by atoms with E-state index in [0.29, 0.717) is 41.1 Å². The second-order valence-corrected chi connectivity index (χ2v) is 11.3. The van der Waals surface area contributed by atoms with Gasteiger partial charge in [-0.1, -0.05) is 30.0 Å². The summed E-state index contributed by atoms with van der Waals surface area (Å²) in [7, 11) is -1.18. The van der Waals surface area contributed by atoms with Crippen molar-refractivity contribution < 1.29 is 17.6 Å². The maximum atomic E-state index is 12.9. The minimum atomic E-state index is -2.95. The number of nitrogens with one attached hydrogen (secondary N) is 1. The summed E-state index contributed by atoms with van der Waals surface area (Å²) in [5.74, 6) is 0.884. The summed E-state index contributed by atoms with van der Waals surface area (Å²) >= 11 is 1.24. The van der Waals surface area contributed by atoms with Crippen molar-refractivity contribution >= 4 is 33.2 Å². The van der Waals surface area contributed by atoms with Gasteiger partial charge >= 0.3 is 0 Å². The van der Waals surface area contributed by atoms with Crippen molar-refractivity contribution in [2.24, 2.45) is 13.0 Å². The van der Waals surface area contributed by atoms with E-state index in [4.69, 9.17) is 4.42 Å². The molecule has 10 nitrogen and oxygen atoms in total. The highest BCUT2D eigenvalue weighted by atomic mass is 32.2. The monoisotopic (exact) mass is 491 g/mol. The maximum Gasteiger partial charge on any atom is 0.295 e. The Balaban J connectivity index is 1.31. The van der Waals surface area contributed by atoms with Crippen LogP contribution in [0.5, 0.6) is 0 Å². The normalized spacial score (nSPS) is 17.3. The number of carbonyl (C=O) groups excluding carboxylic acids is 1.